The maximum absolute atomic E-state index is 12.2. The van der Waals surface area contributed by atoms with Crippen LogP contribution in [0, 0.1) is 12.8 Å². The van der Waals surface area contributed by atoms with Crippen LogP contribution in [0.15, 0.2) is 6.20 Å². The summed E-state index contributed by atoms with van der Waals surface area (Å²) in [6.45, 7) is 8.55. The van der Waals surface area contributed by atoms with Crippen LogP contribution < -0.4 is 0 Å². The van der Waals surface area contributed by atoms with Crippen LogP contribution in [0.1, 0.15) is 36.8 Å². The molecule has 0 radical (unpaired) electrons. The summed E-state index contributed by atoms with van der Waals surface area (Å²) in [5.74, 6) is -0.859. The zero-order chi connectivity index (χ0) is 14.6. The molecule has 0 aromatic carbocycles. The van der Waals surface area contributed by atoms with Crippen molar-refractivity contribution in [1.82, 2.24) is 14.7 Å². The Morgan fingerprint density at radius 2 is 2.11 bits per heavy atom. The number of carbonyl (C=O) groups is 2. The Bertz CT molecular complexity index is 466. The molecule has 0 aliphatic rings. The van der Waals surface area contributed by atoms with Gasteiger partial charge in [0.2, 0.25) is 0 Å². The molecule has 0 aliphatic carbocycles. The van der Waals surface area contributed by atoms with Crippen LogP contribution in [-0.2, 0) is 11.3 Å². The number of likely N-dealkylation sites (N-methyl/N-ethyl adjacent to an activating group) is 1. The van der Waals surface area contributed by atoms with Crippen molar-refractivity contribution in [1.29, 1.82) is 0 Å². The first-order valence-corrected chi connectivity index (χ1v) is 6.40. The third-order valence-electron chi connectivity index (χ3n) is 2.87. The van der Waals surface area contributed by atoms with E-state index in [9.17, 15) is 9.59 Å². The molecule has 6 heteroatoms. The zero-order valence-electron chi connectivity index (χ0n) is 11.9. The van der Waals surface area contributed by atoms with Crippen molar-refractivity contribution < 1.29 is 14.7 Å². The fourth-order valence-electron chi connectivity index (χ4n) is 1.85. The van der Waals surface area contributed by atoms with Gasteiger partial charge < -0.3 is 10.0 Å². The molecule has 106 valence electrons. The van der Waals surface area contributed by atoms with Crippen molar-refractivity contribution in [3.63, 3.8) is 0 Å². The number of carbonyl (C=O) groups excluding carboxylic acids is 1. The van der Waals surface area contributed by atoms with Gasteiger partial charge in [-0.15, -0.1) is 0 Å². The maximum Gasteiger partial charge on any atom is 0.323 e. The van der Waals surface area contributed by atoms with Gasteiger partial charge in [0.05, 0.1) is 11.8 Å². The molecule has 1 amide bonds. The molecule has 1 N–H and O–H groups in total. The largest absolute Gasteiger partial charge is 0.480 e. The molecule has 0 unspecified atom stereocenters. The Balaban J connectivity index is 2.93. The smallest absolute Gasteiger partial charge is 0.323 e. The average molecular weight is 267 g/mol. The van der Waals surface area contributed by atoms with E-state index < -0.39 is 5.97 Å². The highest BCUT2D eigenvalue weighted by Crippen LogP contribution is 2.12. The Morgan fingerprint density at radius 1 is 1.47 bits per heavy atom. The number of hydrogen-bond acceptors (Lipinski definition) is 3. The molecule has 1 heterocycles. The number of nitrogens with zero attached hydrogens (tertiary/aromatic N) is 3. The Labute approximate surface area is 113 Å². The predicted molar refractivity (Wildman–Crippen MR) is 71.0 cm³/mol. The van der Waals surface area contributed by atoms with Gasteiger partial charge in [-0.05, 0) is 19.8 Å². The highest BCUT2D eigenvalue weighted by atomic mass is 16.4. The van der Waals surface area contributed by atoms with E-state index >= 15 is 0 Å². The summed E-state index contributed by atoms with van der Waals surface area (Å²) >= 11 is 0. The van der Waals surface area contributed by atoms with E-state index in [0.717, 1.165) is 12.2 Å². The second kappa shape index (κ2) is 6.36. The first kappa shape index (κ1) is 15.2. The second-order valence-electron chi connectivity index (χ2n) is 4.93. The molecule has 6 nitrogen and oxygen atoms in total. The van der Waals surface area contributed by atoms with E-state index in [2.05, 4.69) is 18.9 Å². The molecule has 1 aromatic heterocycles. The molecular weight excluding hydrogens is 246 g/mol. The lowest BCUT2D eigenvalue weighted by Crippen LogP contribution is -2.35. The Hall–Kier alpha value is -1.85. The van der Waals surface area contributed by atoms with E-state index in [-0.39, 0.29) is 12.5 Å². The average Bonchev–Trinajstić information content (AvgIpc) is 2.66. The molecule has 0 aliphatic heterocycles. The topological polar surface area (TPSA) is 75.4 Å². The second-order valence-corrected chi connectivity index (χ2v) is 4.93. The van der Waals surface area contributed by atoms with E-state index in [0.29, 0.717) is 18.0 Å². The number of rotatable bonds is 6. The summed E-state index contributed by atoms with van der Waals surface area (Å²) in [5, 5.41) is 13.0. The lowest BCUT2D eigenvalue weighted by atomic mass is 10.2. The molecule has 0 saturated carbocycles. The fourth-order valence-corrected chi connectivity index (χ4v) is 1.85. The van der Waals surface area contributed by atoms with Gasteiger partial charge in [-0.25, -0.2) is 0 Å². The molecular formula is C13H21N3O3. The number of aliphatic carboxylic acids is 1. The van der Waals surface area contributed by atoms with E-state index in [4.69, 9.17) is 5.11 Å². The molecule has 0 saturated heterocycles. The Morgan fingerprint density at radius 3 is 2.58 bits per heavy atom. The van der Waals surface area contributed by atoms with Gasteiger partial charge in [0.1, 0.15) is 6.54 Å². The van der Waals surface area contributed by atoms with Gasteiger partial charge in [-0.1, -0.05) is 13.8 Å². The third kappa shape index (κ3) is 3.81. The van der Waals surface area contributed by atoms with Gasteiger partial charge >= 0.3 is 5.97 Å². The lowest BCUT2D eigenvalue weighted by Gasteiger charge is -2.18. The van der Waals surface area contributed by atoms with E-state index in [1.807, 2.05) is 6.92 Å². The van der Waals surface area contributed by atoms with Crippen LogP contribution in [0.2, 0.25) is 0 Å². The van der Waals surface area contributed by atoms with Crippen molar-refractivity contribution in [2.24, 2.45) is 5.92 Å². The lowest BCUT2D eigenvalue weighted by molar-refractivity contribution is -0.137. The van der Waals surface area contributed by atoms with Crippen LogP contribution in [0.25, 0.3) is 0 Å². The number of hydrogen-bond donors (Lipinski definition) is 1. The zero-order valence-corrected chi connectivity index (χ0v) is 11.9. The van der Waals surface area contributed by atoms with Crippen molar-refractivity contribution in [3.8, 4) is 0 Å². The summed E-state index contributed by atoms with van der Waals surface area (Å²) in [5.41, 5.74) is 1.26. The van der Waals surface area contributed by atoms with Gasteiger partial charge in [0.25, 0.3) is 5.91 Å². The van der Waals surface area contributed by atoms with Crippen LogP contribution >= 0.6 is 0 Å². The first-order valence-electron chi connectivity index (χ1n) is 6.40. The fraction of sp³-hybridized carbons (Fsp3) is 0.615. The number of carboxylic acid groups (broad SMARTS) is 1. The normalized spacial score (nSPS) is 10.8. The van der Waals surface area contributed by atoms with Crippen molar-refractivity contribution in [3.05, 3.63) is 17.5 Å². The SMILES string of the molecule is CCN(CC(=O)O)C(=O)c1cnn(CC(C)C)c1C. The molecule has 19 heavy (non-hydrogen) atoms. The predicted octanol–water partition coefficient (Wildman–Crippen LogP) is 1.39. The summed E-state index contributed by atoms with van der Waals surface area (Å²) in [4.78, 5) is 24.3. The Kier molecular flexibility index (Phi) is 5.09. The van der Waals surface area contributed by atoms with Gasteiger partial charge in [-0.2, -0.15) is 5.10 Å². The summed E-state index contributed by atoms with van der Waals surface area (Å²) < 4.78 is 1.78. The molecule has 1 aromatic rings. The highest BCUT2D eigenvalue weighted by molar-refractivity contribution is 5.96. The number of amides is 1. The minimum Gasteiger partial charge on any atom is -0.480 e. The quantitative estimate of drug-likeness (QED) is 0.845. The summed E-state index contributed by atoms with van der Waals surface area (Å²) in [6, 6.07) is 0. The van der Waals surface area contributed by atoms with Gasteiger partial charge in [0.15, 0.2) is 0 Å². The molecule has 1 rings (SSSR count). The third-order valence-corrected chi connectivity index (χ3v) is 2.87. The van der Waals surface area contributed by atoms with E-state index in [1.165, 1.54) is 11.1 Å². The van der Waals surface area contributed by atoms with Crippen molar-refractivity contribution >= 4 is 11.9 Å². The standard InChI is InChI=1S/C13H21N3O3/c1-5-15(8-12(17)18)13(19)11-6-14-16(10(11)4)7-9(2)3/h6,9H,5,7-8H2,1-4H3,(H,17,18). The van der Waals surface area contributed by atoms with Crippen LogP contribution in [-0.4, -0.2) is 44.8 Å². The van der Waals surface area contributed by atoms with Gasteiger partial charge in [-0.3, -0.25) is 14.3 Å². The monoisotopic (exact) mass is 267 g/mol. The molecule has 0 fully saturated rings. The van der Waals surface area contributed by atoms with Crippen molar-refractivity contribution in [2.75, 3.05) is 13.1 Å². The van der Waals surface area contributed by atoms with Crippen LogP contribution in [0.3, 0.4) is 0 Å². The van der Waals surface area contributed by atoms with Crippen LogP contribution in [0.4, 0.5) is 0 Å². The summed E-state index contributed by atoms with van der Waals surface area (Å²) in [6.07, 6.45) is 1.52. The minimum absolute atomic E-state index is 0.280. The highest BCUT2D eigenvalue weighted by Gasteiger charge is 2.21. The van der Waals surface area contributed by atoms with Gasteiger partial charge in [0, 0.05) is 18.8 Å². The van der Waals surface area contributed by atoms with Crippen molar-refractivity contribution in [2.45, 2.75) is 34.2 Å². The molecule has 0 spiro atoms. The van der Waals surface area contributed by atoms with Crippen LogP contribution in [0.5, 0.6) is 0 Å². The molecule has 0 atom stereocenters. The number of aromatic nitrogens is 2. The van der Waals surface area contributed by atoms with E-state index in [1.54, 1.807) is 11.6 Å². The number of carboxylic acids is 1. The molecule has 0 bridgehead atoms. The summed E-state index contributed by atoms with van der Waals surface area (Å²) in [7, 11) is 0. The minimum atomic E-state index is -1.01. The maximum atomic E-state index is 12.2. The first-order chi connectivity index (χ1) is 8.86.